The van der Waals surface area contributed by atoms with Crippen molar-refractivity contribution in [2.75, 3.05) is 19.8 Å². The Kier molecular flexibility index (Phi) is 3.52. The Bertz CT molecular complexity index is 413. The third-order valence-corrected chi connectivity index (χ3v) is 4.20. The number of phenolic OH excluding ortho intramolecular Hbond substituents is 1. The Morgan fingerprint density at radius 1 is 1.22 bits per heavy atom. The fraction of sp³-hybridized carbons (Fsp3) is 0.600. The molecule has 1 unspecified atom stereocenters. The molecule has 0 aromatic heterocycles. The van der Waals surface area contributed by atoms with E-state index in [2.05, 4.69) is 11.4 Å². The van der Waals surface area contributed by atoms with E-state index < -0.39 is 0 Å². The minimum absolute atomic E-state index is 0.388. The lowest BCUT2D eigenvalue weighted by Crippen LogP contribution is -2.29. The summed E-state index contributed by atoms with van der Waals surface area (Å²) in [6.07, 6.45) is 4.60. The molecule has 0 amide bonds. The van der Waals surface area contributed by atoms with E-state index >= 15 is 0 Å². The van der Waals surface area contributed by atoms with Gasteiger partial charge in [0.05, 0.1) is 0 Å². The van der Waals surface area contributed by atoms with Gasteiger partial charge in [0.25, 0.3) is 0 Å². The van der Waals surface area contributed by atoms with Crippen LogP contribution >= 0.6 is 0 Å². The van der Waals surface area contributed by atoms with Gasteiger partial charge in [0.1, 0.15) is 5.75 Å². The maximum atomic E-state index is 9.48. The van der Waals surface area contributed by atoms with E-state index in [0.29, 0.717) is 11.8 Å². The number of phenols is 1. The lowest BCUT2D eigenvalue weighted by molar-refractivity contribution is 0.0654. The molecule has 18 heavy (non-hydrogen) atoms. The van der Waals surface area contributed by atoms with Crippen LogP contribution in [-0.4, -0.2) is 24.9 Å². The number of benzene rings is 1. The molecule has 2 N–H and O–H groups in total. The standard InChI is InChI=1S/C15H21NO2/c17-13-2-3-14-12(9-13)1-4-15(14)16-10-11-5-7-18-8-6-11/h2-3,9,11,15-17H,1,4-8,10H2. The van der Waals surface area contributed by atoms with Gasteiger partial charge in [-0.2, -0.15) is 0 Å². The molecule has 1 aliphatic heterocycles. The van der Waals surface area contributed by atoms with Crippen LogP contribution in [0.15, 0.2) is 18.2 Å². The third kappa shape index (κ3) is 2.52. The molecule has 1 saturated heterocycles. The molecule has 3 heteroatoms. The van der Waals surface area contributed by atoms with Crippen LogP contribution in [-0.2, 0) is 11.2 Å². The van der Waals surface area contributed by atoms with Crippen LogP contribution in [0.3, 0.4) is 0 Å². The first-order valence-electron chi connectivity index (χ1n) is 6.96. The van der Waals surface area contributed by atoms with Crippen LogP contribution in [0, 0.1) is 5.92 Å². The highest BCUT2D eigenvalue weighted by molar-refractivity contribution is 5.39. The van der Waals surface area contributed by atoms with Gasteiger partial charge in [-0.25, -0.2) is 0 Å². The summed E-state index contributed by atoms with van der Waals surface area (Å²) in [5.41, 5.74) is 2.68. The maximum Gasteiger partial charge on any atom is 0.115 e. The fourth-order valence-corrected chi connectivity index (χ4v) is 3.08. The Morgan fingerprint density at radius 3 is 2.89 bits per heavy atom. The van der Waals surface area contributed by atoms with Crippen molar-refractivity contribution in [3.05, 3.63) is 29.3 Å². The highest BCUT2D eigenvalue weighted by Gasteiger charge is 2.23. The van der Waals surface area contributed by atoms with Crippen molar-refractivity contribution in [2.45, 2.75) is 31.7 Å². The number of nitrogens with one attached hydrogen (secondary N) is 1. The molecular weight excluding hydrogens is 226 g/mol. The van der Waals surface area contributed by atoms with E-state index in [9.17, 15) is 5.11 Å². The second-order valence-electron chi connectivity index (χ2n) is 5.44. The fourth-order valence-electron chi connectivity index (χ4n) is 3.08. The smallest absolute Gasteiger partial charge is 0.115 e. The summed E-state index contributed by atoms with van der Waals surface area (Å²) in [5, 5.41) is 13.2. The van der Waals surface area contributed by atoms with Crippen LogP contribution in [0.1, 0.15) is 36.4 Å². The van der Waals surface area contributed by atoms with E-state index in [1.807, 2.05) is 6.07 Å². The molecule has 3 rings (SSSR count). The van der Waals surface area contributed by atoms with Crippen molar-refractivity contribution in [1.29, 1.82) is 0 Å². The highest BCUT2D eigenvalue weighted by atomic mass is 16.5. The van der Waals surface area contributed by atoms with Crippen LogP contribution in [0.2, 0.25) is 0 Å². The van der Waals surface area contributed by atoms with Gasteiger partial charge in [-0.15, -0.1) is 0 Å². The van der Waals surface area contributed by atoms with Crippen LogP contribution in [0.4, 0.5) is 0 Å². The predicted octanol–water partition coefficient (Wildman–Crippen LogP) is 2.40. The van der Waals surface area contributed by atoms with Crippen LogP contribution in [0.5, 0.6) is 5.75 Å². The summed E-state index contributed by atoms with van der Waals surface area (Å²) >= 11 is 0. The lowest BCUT2D eigenvalue weighted by atomic mass is 9.99. The molecule has 1 fully saturated rings. The molecule has 2 aliphatic rings. The zero-order valence-corrected chi connectivity index (χ0v) is 10.7. The largest absolute Gasteiger partial charge is 0.508 e. The first-order chi connectivity index (χ1) is 8.83. The van der Waals surface area contributed by atoms with Crippen molar-refractivity contribution in [3.63, 3.8) is 0 Å². The van der Waals surface area contributed by atoms with Crippen LogP contribution in [0.25, 0.3) is 0 Å². The number of aromatic hydroxyl groups is 1. The molecule has 1 heterocycles. The van der Waals surface area contributed by atoms with Crippen molar-refractivity contribution >= 4 is 0 Å². The highest BCUT2D eigenvalue weighted by Crippen LogP contribution is 2.33. The normalized spacial score (nSPS) is 24.1. The van der Waals surface area contributed by atoms with E-state index in [0.717, 1.165) is 38.5 Å². The second kappa shape index (κ2) is 5.29. The molecule has 1 aromatic carbocycles. The molecular formula is C15H21NO2. The summed E-state index contributed by atoms with van der Waals surface area (Å²) in [4.78, 5) is 0. The number of hydrogen-bond donors (Lipinski definition) is 2. The van der Waals surface area contributed by atoms with Gasteiger partial charge >= 0.3 is 0 Å². The molecule has 0 radical (unpaired) electrons. The Labute approximate surface area is 108 Å². The first-order valence-corrected chi connectivity index (χ1v) is 6.96. The Morgan fingerprint density at radius 2 is 2.06 bits per heavy atom. The van der Waals surface area contributed by atoms with Gasteiger partial charge in [-0.3, -0.25) is 0 Å². The Hall–Kier alpha value is -1.06. The zero-order valence-electron chi connectivity index (χ0n) is 10.7. The molecule has 0 spiro atoms. The van der Waals surface area contributed by atoms with Crippen molar-refractivity contribution < 1.29 is 9.84 Å². The first kappa shape index (κ1) is 12.0. The minimum Gasteiger partial charge on any atom is -0.508 e. The van der Waals surface area contributed by atoms with Gasteiger partial charge < -0.3 is 15.2 Å². The molecule has 1 aliphatic carbocycles. The number of fused-ring (bicyclic) bond motifs is 1. The predicted molar refractivity (Wildman–Crippen MR) is 70.7 cm³/mol. The summed E-state index contributed by atoms with van der Waals surface area (Å²) < 4.78 is 5.39. The van der Waals surface area contributed by atoms with Gasteiger partial charge in [-0.1, -0.05) is 6.07 Å². The van der Waals surface area contributed by atoms with Gasteiger partial charge in [0, 0.05) is 19.3 Å². The van der Waals surface area contributed by atoms with E-state index in [1.165, 1.54) is 24.0 Å². The molecule has 0 saturated carbocycles. The molecule has 1 atom stereocenters. The molecule has 98 valence electrons. The average Bonchev–Trinajstić information content (AvgIpc) is 2.80. The minimum atomic E-state index is 0.388. The van der Waals surface area contributed by atoms with E-state index in [4.69, 9.17) is 4.74 Å². The summed E-state index contributed by atoms with van der Waals surface area (Å²) in [6, 6.07) is 6.25. The van der Waals surface area contributed by atoms with Crippen molar-refractivity contribution in [2.24, 2.45) is 5.92 Å². The molecule has 3 nitrogen and oxygen atoms in total. The number of hydrogen-bond acceptors (Lipinski definition) is 3. The quantitative estimate of drug-likeness (QED) is 0.861. The van der Waals surface area contributed by atoms with Gasteiger partial charge in [0.15, 0.2) is 0 Å². The summed E-state index contributed by atoms with van der Waals surface area (Å²) in [5.74, 6) is 1.15. The summed E-state index contributed by atoms with van der Waals surface area (Å²) in [7, 11) is 0. The van der Waals surface area contributed by atoms with Gasteiger partial charge in [0.2, 0.25) is 0 Å². The maximum absolute atomic E-state index is 9.48. The SMILES string of the molecule is Oc1ccc2c(c1)CCC2NCC1CCOCC1. The number of ether oxygens (including phenoxy) is 1. The molecule has 0 bridgehead atoms. The summed E-state index contributed by atoms with van der Waals surface area (Å²) in [6.45, 7) is 2.93. The van der Waals surface area contributed by atoms with E-state index in [-0.39, 0.29) is 0 Å². The van der Waals surface area contributed by atoms with Gasteiger partial charge in [-0.05, 0) is 61.4 Å². The molecule has 1 aromatic rings. The topological polar surface area (TPSA) is 41.5 Å². The monoisotopic (exact) mass is 247 g/mol. The lowest BCUT2D eigenvalue weighted by Gasteiger charge is -2.24. The van der Waals surface area contributed by atoms with Crippen molar-refractivity contribution in [1.82, 2.24) is 5.32 Å². The Balaban J connectivity index is 1.59. The van der Waals surface area contributed by atoms with Crippen LogP contribution < -0.4 is 5.32 Å². The third-order valence-electron chi connectivity index (χ3n) is 4.20. The number of rotatable bonds is 3. The average molecular weight is 247 g/mol. The van der Waals surface area contributed by atoms with E-state index in [1.54, 1.807) is 6.07 Å². The number of aryl methyl sites for hydroxylation is 1. The zero-order chi connectivity index (χ0) is 12.4. The second-order valence-corrected chi connectivity index (χ2v) is 5.44. The van der Waals surface area contributed by atoms with Crippen molar-refractivity contribution in [3.8, 4) is 5.75 Å².